The average molecular weight is 458 g/mol. The number of amides is 2. The Morgan fingerprint density at radius 2 is 1.71 bits per heavy atom. The Morgan fingerprint density at radius 3 is 2.41 bits per heavy atom. The number of nitrogens with one attached hydrogen (secondary N) is 2. The van der Waals surface area contributed by atoms with Gasteiger partial charge in [-0.05, 0) is 61.4 Å². The maximum Gasteiger partial charge on any atom is 0.411 e. The molecule has 0 atom stereocenters. The van der Waals surface area contributed by atoms with Crippen LogP contribution in [-0.2, 0) is 4.74 Å². The summed E-state index contributed by atoms with van der Waals surface area (Å²) in [7, 11) is 1.18. The minimum absolute atomic E-state index is 0.112. The summed E-state index contributed by atoms with van der Waals surface area (Å²) in [4.78, 5) is 24.8. The van der Waals surface area contributed by atoms with Gasteiger partial charge < -0.3 is 10.1 Å². The van der Waals surface area contributed by atoms with Crippen LogP contribution in [0.5, 0.6) is 0 Å². The summed E-state index contributed by atoms with van der Waals surface area (Å²) in [6.07, 6.45) is 0.843. The summed E-state index contributed by atoms with van der Waals surface area (Å²) in [5.41, 5.74) is 4.87. The predicted octanol–water partition coefficient (Wildman–Crippen LogP) is 5.73. The second kappa shape index (κ2) is 9.58. The van der Waals surface area contributed by atoms with Crippen LogP contribution in [0.2, 0.25) is 0 Å². The molecule has 0 unspecified atom stereocenters. The molecule has 0 spiro atoms. The van der Waals surface area contributed by atoms with Gasteiger partial charge in [0.1, 0.15) is 11.5 Å². The summed E-state index contributed by atoms with van der Waals surface area (Å²) in [6.45, 7) is 4.02. The minimum atomic E-state index is -0.816. The van der Waals surface area contributed by atoms with Gasteiger partial charge in [0, 0.05) is 17.4 Å². The van der Waals surface area contributed by atoms with Crippen LogP contribution >= 0.6 is 0 Å². The van der Waals surface area contributed by atoms with Crippen molar-refractivity contribution in [2.75, 3.05) is 17.7 Å². The largest absolute Gasteiger partial charge is 0.453 e. The highest BCUT2D eigenvalue weighted by Gasteiger charge is 2.20. The molecule has 0 radical (unpaired) electrons. The van der Waals surface area contributed by atoms with Crippen molar-refractivity contribution in [3.05, 3.63) is 95.4 Å². The summed E-state index contributed by atoms with van der Waals surface area (Å²) in [5, 5.41) is 9.74. The van der Waals surface area contributed by atoms with Crippen molar-refractivity contribution in [1.29, 1.82) is 0 Å². The van der Waals surface area contributed by atoms with Crippen molar-refractivity contribution >= 4 is 23.4 Å². The number of aromatic nitrogens is 2. The lowest BCUT2D eigenvalue weighted by Crippen LogP contribution is -2.15. The zero-order chi connectivity index (χ0) is 24.2. The molecular weight excluding hydrogens is 435 g/mol. The third kappa shape index (κ3) is 4.80. The molecule has 34 heavy (non-hydrogen) atoms. The fourth-order valence-electron chi connectivity index (χ4n) is 3.41. The van der Waals surface area contributed by atoms with E-state index in [4.69, 9.17) is 0 Å². The Hall–Kier alpha value is -4.46. The number of carbonyl (C=O) groups excluding carboxylic acids is 2. The molecule has 0 saturated heterocycles. The molecule has 0 saturated carbocycles. The summed E-state index contributed by atoms with van der Waals surface area (Å²) < 4.78 is 20.2. The zero-order valence-electron chi connectivity index (χ0n) is 18.9. The molecule has 0 bridgehead atoms. The highest BCUT2D eigenvalue weighted by atomic mass is 19.1. The minimum Gasteiger partial charge on any atom is -0.453 e. The number of hydrogen-bond acceptors (Lipinski definition) is 4. The first-order valence-electron chi connectivity index (χ1n) is 10.5. The van der Waals surface area contributed by atoms with E-state index in [0.717, 1.165) is 28.4 Å². The third-order valence-electron chi connectivity index (χ3n) is 5.41. The van der Waals surface area contributed by atoms with Gasteiger partial charge in [0.15, 0.2) is 0 Å². The number of rotatable bonds is 5. The number of benzene rings is 3. The molecule has 8 heteroatoms. The van der Waals surface area contributed by atoms with Crippen LogP contribution in [0.15, 0.2) is 72.9 Å². The lowest BCUT2D eigenvalue weighted by atomic mass is 10.0. The van der Waals surface area contributed by atoms with Crippen LogP contribution in [-0.4, -0.2) is 28.9 Å². The van der Waals surface area contributed by atoms with Crippen LogP contribution in [0.4, 0.5) is 20.6 Å². The number of para-hydroxylation sites is 1. The van der Waals surface area contributed by atoms with Crippen molar-refractivity contribution in [3.63, 3.8) is 0 Å². The Kier molecular flexibility index (Phi) is 6.40. The van der Waals surface area contributed by atoms with Crippen LogP contribution in [0.25, 0.3) is 16.9 Å². The van der Waals surface area contributed by atoms with E-state index in [-0.39, 0.29) is 5.69 Å². The molecule has 0 aliphatic rings. The summed E-state index contributed by atoms with van der Waals surface area (Å²) >= 11 is 0. The van der Waals surface area contributed by atoms with E-state index < -0.39 is 17.8 Å². The Balaban J connectivity index is 1.72. The Labute approximate surface area is 196 Å². The van der Waals surface area contributed by atoms with E-state index in [1.807, 2.05) is 62.4 Å². The smallest absolute Gasteiger partial charge is 0.411 e. The first kappa shape index (κ1) is 22.7. The highest BCUT2D eigenvalue weighted by Crippen LogP contribution is 2.27. The Bertz CT molecular complexity index is 1370. The molecule has 0 aliphatic heterocycles. The van der Waals surface area contributed by atoms with Gasteiger partial charge >= 0.3 is 6.09 Å². The molecule has 4 rings (SSSR count). The van der Waals surface area contributed by atoms with Gasteiger partial charge in [0.05, 0.1) is 24.0 Å². The van der Waals surface area contributed by atoms with Crippen molar-refractivity contribution in [1.82, 2.24) is 9.78 Å². The summed E-state index contributed by atoms with van der Waals surface area (Å²) in [5.74, 6) is -1.08. The zero-order valence-corrected chi connectivity index (χ0v) is 18.9. The summed E-state index contributed by atoms with van der Waals surface area (Å²) in [6, 6.07) is 19.2. The molecular formula is C26H23FN4O3. The quantitative estimate of drug-likeness (QED) is 0.400. The van der Waals surface area contributed by atoms with E-state index in [0.29, 0.717) is 16.9 Å². The molecule has 172 valence electrons. The fourth-order valence-corrected chi connectivity index (χ4v) is 3.41. The number of methoxy groups -OCH3 is 1. The van der Waals surface area contributed by atoms with Crippen LogP contribution in [0.1, 0.15) is 21.5 Å². The molecule has 1 aromatic heterocycles. The number of hydrogen-bond donors (Lipinski definition) is 2. The number of ether oxygens (including phenoxy) is 1. The number of carbonyl (C=O) groups is 2. The van der Waals surface area contributed by atoms with Gasteiger partial charge in [0.25, 0.3) is 5.91 Å². The third-order valence-corrected chi connectivity index (χ3v) is 5.41. The van der Waals surface area contributed by atoms with E-state index in [2.05, 4.69) is 20.5 Å². The van der Waals surface area contributed by atoms with E-state index in [1.165, 1.54) is 19.2 Å². The Morgan fingerprint density at radius 1 is 0.941 bits per heavy atom. The molecule has 1 heterocycles. The lowest BCUT2D eigenvalue weighted by molar-refractivity contribution is 0.102. The number of anilines is 2. The van der Waals surface area contributed by atoms with Gasteiger partial charge in [-0.1, -0.05) is 30.3 Å². The van der Waals surface area contributed by atoms with Gasteiger partial charge in [-0.25, -0.2) is 13.9 Å². The topological polar surface area (TPSA) is 85.3 Å². The second-order valence-corrected chi connectivity index (χ2v) is 7.74. The average Bonchev–Trinajstić information content (AvgIpc) is 3.29. The molecule has 0 fully saturated rings. The normalized spacial score (nSPS) is 10.6. The highest BCUT2D eigenvalue weighted by molar-refractivity contribution is 6.08. The van der Waals surface area contributed by atoms with Crippen LogP contribution in [0.3, 0.4) is 0 Å². The van der Waals surface area contributed by atoms with Crippen LogP contribution < -0.4 is 10.6 Å². The van der Waals surface area contributed by atoms with Gasteiger partial charge in [0.2, 0.25) is 0 Å². The van der Waals surface area contributed by atoms with Gasteiger partial charge in [-0.2, -0.15) is 5.10 Å². The van der Waals surface area contributed by atoms with E-state index >= 15 is 0 Å². The SMILES string of the molecule is COC(=O)Nc1cc(NC(=O)c2cn(-c3ccccc3)nc2-c2ccc(C)c(C)c2)ccc1F. The molecule has 0 aliphatic carbocycles. The molecule has 3 aromatic carbocycles. The monoisotopic (exact) mass is 458 g/mol. The maximum absolute atomic E-state index is 14.1. The van der Waals surface area contributed by atoms with Gasteiger partial charge in [-0.3, -0.25) is 10.1 Å². The molecule has 2 amide bonds. The van der Waals surface area contributed by atoms with E-state index in [1.54, 1.807) is 10.9 Å². The predicted molar refractivity (Wildman–Crippen MR) is 129 cm³/mol. The van der Waals surface area contributed by atoms with Crippen molar-refractivity contribution in [3.8, 4) is 16.9 Å². The molecule has 4 aromatic rings. The van der Waals surface area contributed by atoms with Gasteiger partial charge in [-0.15, -0.1) is 0 Å². The fraction of sp³-hybridized carbons (Fsp3) is 0.115. The van der Waals surface area contributed by atoms with E-state index in [9.17, 15) is 14.0 Å². The molecule has 2 N–H and O–H groups in total. The number of halogens is 1. The molecule has 7 nitrogen and oxygen atoms in total. The second-order valence-electron chi connectivity index (χ2n) is 7.74. The number of nitrogens with zero attached hydrogens (tertiary/aromatic N) is 2. The first-order valence-corrected chi connectivity index (χ1v) is 10.5. The number of aryl methyl sites for hydroxylation is 2. The van der Waals surface area contributed by atoms with Crippen molar-refractivity contribution < 1.29 is 18.7 Å². The first-order chi connectivity index (χ1) is 16.4. The standard InChI is InChI=1S/C26H23FN4O3/c1-16-9-10-18(13-17(16)2)24-21(15-31(30-24)20-7-5-4-6-8-20)25(32)28-19-11-12-22(27)23(14-19)29-26(33)34-3/h4-15H,1-3H3,(H,28,32)(H,29,33). The van der Waals surface area contributed by atoms with Crippen molar-refractivity contribution in [2.24, 2.45) is 0 Å². The van der Waals surface area contributed by atoms with Crippen LogP contribution in [0, 0.1) is 19.7 Å². The van der Waals surface area contributed by atoms with Crippen molar-refractivity contribution in [2.45, 2.75) is 13.8 Å². The lowest BCUT2D eigenvalue weighted by Gasteiger charge is -2.10. The maximum atomic E-state index is 14.1.